The van der Waals surface area contributed by atoms with Gasteiger partial charge in [-0.1, -0.05) is 0 Å². The Bertz CT molecular complexity index is 497. The third-order valence-electron chi connectivity index (χ3n) is 7.21. The maximum atomic E-state index is 12.9. The van der Waals surface area contributed by atoms with E-state index in [1.165, 1.54) is 38.5 Å². The molecule has 134 valence electrons. The van der Waals surface area contributed by atoms with Crippen LogP contribution in [0.3, 0.4) is 0 Å². The zero-order valence-electron chi connectivity index (χ0n) is 14.8. The van der Waals surface area contributed by atoms with E-state index in [0.717, 1.165) is 37.1 Å². The van der Waals surface area contributed by atoms with Gasteiger partial charge in [0.2, 0.25) is 11.8 Å². The van der Waals surface area contributed by atoms with Crippen molar-refractivity contribution in [2.24, 2.45) is 29.4 Å². The average Bonchev–Trinajstić information content (AvgIpc) is 2.52. The quantitative estimate of drug-likeness (QED) is 0.821. The van der Waals surface area contributed by atoms with Crippen LogP contribution in [0.25, 0.3) is 0 Å². The number of hydrogen-bond donors (Lipinski definition) is 2. The molecular formula is C19H31N3O2. The van der Waals surface area contributed by atoms with Crippen molar-refractivity contribution >= 4 is 11.8 Å². The van der Waals surface area contributed by atoms with Crippen molar-refractivity contribution in [2.45, 2.75) is 69.9 Å². The number of nitrogens with zero attached hydrogens (tertiary/aromatic N) is 1. The molecule has 24 heavy (non-hydrogen) atoms. The molecule has 0 unspecified atom stereocenters. The molecule has 4 saturated carbocycles. The molecule has 0 radical (unpaired) electrons. The highest BCUT2D eigenvalue weighted by atomic mass is 16.2. The van der Waals surface area contributed by atoms with Gasteiger partial charge in [0.1, 0.15) is 0 Å². The Balaban J connectivity index is 1.40. The van der Waals surface area contributed by atoms with Gasteiger partial charge in [0, 0.05) is 12.1 Å². The lowest BCUT2D eigenvalue weighted by Crippen LogP contribution is -2.62. The normalized spacial score (nSPS) is 42.7. The van der Waals surface area contributed by atoms with Gasteiger partial charge in [0.25, 0.3) is 0 Å². The van der Waals surface area contributed by atoms with Gasteiger partial charge in [0.15, 0.2) is 0 Å². The lowest BCUT2D eigenvalue weighted by molar-refractivity contribution is -0.134. The number of rotatable bonds is 4. The summed E-state index contributed by atoms with van der Waals surface area (Å²) in [5.74, 6) is 2.33. The van der Waals surface area contributed by atoms with Gasteiger partial charge >= 0.3 is 0 Å². The summed E-state index contributed by atoms with van der Waals surface area (Å²) in [6, 6.07) is -0.167. The second-order valence-corrected chi connectivity index (χ2v) is 9.10. The Morgan fingerprint density at radius 2 is 1.71 bits per heavy atom. The Kier molecular flexibility index (Phi) is 4.10. The summed E-state index contributed by atoms with van der Waals surface area (Å²) in [7, 11) is 0. The van der Waals surface area contributed by atoms with Gasteiger partial charge in [-0.25, -0.2) is 0 Å². The molecule has 1 saturated heterocycles. The van der Waals surface area contributed by atoms with Crippen LogP contribution < -0.4 is 11.1 Å². The standard InChI is InChI=1S/C19H31N3O2/c1-12(22-4-2-3-16(11-22)17(20)23)18(24)21-19-8-13-5-14(9-19)7-15(6-13)10-19/h12-16H,2-11H2,1H3,(H2,20,23)(H,21,24)/t12-,13?,14?,15?,16+,19?/m1/s1. The van der Waals surface area contributed by atoms with Crippen LogP contribution in [0.1, 0.15) is 58.3 Å². The monoisotopic (exact) mass is 333 g/mol. The molecule has 5 aliphatic rings. The van der Waals surface area contributed by atoms with Crippen LogP contribution in [0.15, 0.2) is 0 Å². The van der Waals surface area contributed by atoms with Crippen molar-refractivity contribution in [2.75, 3.05) is 13.1 Å². The predicted molar refractivity (Wildman–Crippen MR) is 92.0 cm³/mol. The van der Waals surface area contributed by atoms with Gasteiger partial charge < -0.3 is 11.1 Å². The summed E-state index contributed by atoms with van der Waals surface area (Å²) in [6.07, 6.45) is 9.51. The molecule has 2 amide bonds. The molecule has 4 bridgehead atoms. The third-order valence-corrected chi connectivity index (χ3v) is 7.21. The van der Waals surface area contributed by atoms with Gasteiger partial charge in [-0.05, 0) is 82.6 Å². The molecule has 5 rings (SSSR count). The fraction of sp³-hybridized carbons (Fsp3) is 0.895. The SMILES string of the molecule is C[C@H](C(=O)NC12CC3CC(CC(C3)C1)C2)N1CCC[C@H](C(N)=O)C1. The molecular weight excluding hydrogens is 302 g/mol. The van der Waals surface area contributed by atoms with Gasteiger partial charge in [-0.15, -0.1) is 0 Å². The van der Waals surface area contributed by atoms with E-state index in [2.05, 4.69) is 10.2 Å². The highest BCUT2D eigenvalue weighted by Crippen LogP contribution is 2.55. The van der Waals surface area contributed by atoms with E-state index in [4.69, 9.17) is 5.73 Å². The van der Waals surface area contributed by atoms with Crippen LogP contribution in [-0.2, 0) is 9.59 Å². The number of carbonyl (C=O) groups is 2. The number of nitrogens with two attached hydrogens (primary N) is 1. The zero-order chi connectivity index (χ0) is 16.9. The predicted octanol–water partition coefficient (Wildman–Crippen LogP) is 1.66. The van der Waals surface area contributed by atoms with Gasteiger partial charge in [-0.2, -0.15) is 0 Å². The molecule has 5 nitrogen and oxygen atoms in total. The first-order valence-corrected chi connectivity index (χ1v) is 9.79. The summed E-state index contributed by atoms with van der Waals surface area (Å²) < 4.78 is 0. The van der Waals surface area contributed by atoms with Crippen LogP contribution in [0.5, 0.6) is 0 Å². The molecule has 2 atom stereocenters. The van der Waals surface area contributed by atoms with Gasteiger partial charge in [0.05, 0.1) is 12.0 Å². The molecule has 5 fully saturated rings. The van der Waals surface area contributed by atoms with Crippen LogP contribution in [0.4, 0.5) is 0 Å². The summed E-state index contributed by atoms with van der Waals surface area (Å²) in [6.45, 7) is 3.50. The summed E-state index contributed by atoms with van der Waals surface area (Å²) in [5, 5.41) is 3.47. The summed E-state index contributed by atoms with van der Waals surface area (Å²) >= 11 is 0. The summed E-state index contributed by atoms with van der Waals surface area (Å²) in [4.78, 5) is 26.6. The first-order chi connectivity index (χ1) is 11.4. The average molecular weight is 333 g/mol. The van der Waals surface area contributed by atoms with Crippen molar-refractivity contribution in [3.8, 4) is 0 Å². The molecule has 0 spiro atoms. The van der Waals surface area contributed by atoms with E-state index in [9.17, 15) is 9.59 Å². The third kappa shape index (κ3) is 2.96. The van der Waals surface area contributed by atoms with Crippen molar-refractivity contribution in [3.63, 3.8) is 0 Å². The largest absolute Gasteiger partial charge is 0.369 e. The minimum atomic E-state index is -0.228. The van der Waals surface area contributed by atoms with E-state index in [0.29, 0.717) is 6.54 Å². The van der Waals surface area contributed by atoms with E-state index in [1.54, 1.807) is 0 Å². The second-order valence-electron chi connectivity index (χ2n) is 9.10. The Morgan fingerprint density at radius 1 is 1.12 bits per heavy atom. The Labute approximate surface area is 144 Å². The first kappa shape index (κ1) is 16.4. The first-order valence-electron chi connectivity index (χ1n) is 9.79. The zero-order valence-corrected chi connectivity index (χ0v) is 14.8. The molecule has 1 aliphatic heterocycles. The molecule has 3 N–H and O–H groups in total. The summed E-state index contributed by atoms with van der Waals surface area (Å²) in [5.41, 5.74) is 5.54. The molecule has 0 aromatic heterocycles. The molecule has 0 aromatic carbocycles. The number of likely N-dealkylation sites (tertiary alicyclic amines) is 1. The number of amides is 2. The maximum absolute atomic E-state index is 12.9. The molecule has 0 aromatic rings. The van der Waals surface area contributed by atoms with E-state index in [1.807, 2.05) is 6.92 Å². The lowest BCUT2D eigenvalue weighted by Gasteiger charge is -2.57. The molecule has 1 heterocycles. The van der Waals surface area contributed by atoms with E-state index in [-0.39, 0.29) is 29.3 Å². The molecule has 4 aliphatic carbocycles. The minimum Gasteiger partial charge on any atom is -0.369 e. The lowest BCUT2D eigenvalue weighted by atomic mass is 9.53. The second kappa shape index (κ2) is 6.01. The van der Waals surface area contributed by atoms with Gasteiger partial charge in [-0.3, -0.25) is 14.5 Å². The maximum Gasteiger partial charge on any atom is 0.237 e. The highest BCUT2D eigenvalue weighted by molar-refractivity contribution is 5.82. The Morgan fingerprint density at radius 3 is 2.25 bits per heavy atom. The highest BCUT2D eigenvalue weighted by Gasteiger charge is 2.51. The van der Waals surface area contributed by atoms with Crippen LogP contribution >= 0.6 is 0 Å². The van der Waals surface area contributed by atoms with E-state index >= 15 is 0 Å². The molecule has 5 heteroatoms. The number of primary amides is 1. The Hall–Kier alpha value is -1.10. The smallest absolute Gasteiger partial charge is 0.237 e. The van der Waals surface area contributed by atoms with Crippen molar-refractivity contribution in [1.29, 1.82) is 0 Å². The fourth-order valence-corrected chi connectivity index (χ4v) is 6.39. The fourth-order valence-electron chi connectivity index (χ4n) is 6.39. The van der Waals surface area contributed by atoms with Crippen LogP contribution in [-0.4, -0.2) is 41.4 Å². The number of carbonyl (C=O) groups excluding carboxylic acids is 2. The number of piperidine rings is 1. The van der Waals surface area contributed by atoms with Crippen LogP contribution in [0.2, 0.25) is 0 Å². The van der Waals surface area contributed by atoms with Crippen molar-refractivity contribution < 1.29 is 9.59 Å². The van der Waals surface area contributed by atoms with Crippen molar-refractivity contribution in [3.05, 3.63) is 0 Å². The minimum absolute atomic E-state index is 0.0684. The van der Waals surface area contributed by atoms with Crippen LogP contribution in [0, 0.1) is 23.7 Å². The topological polar surface area (TPSA) is 75.4 Å². The number of nitrogens with one attached hydrogen (secondary N) is 1. The van der Waals surface area contributed by atoms with Crippen molar-refractivity contribution in [1.82, 2.24) is 10.2 Å². The number of hydrogen-bond acceptors (Lipinski definition) is 3. The van der Waals surface area contributed by atoms with E-state index < -0.39 is 0 Å².